The maximum Gasteiger partial charge on any atom is 0.380 e. The first-order valence-electron chi connectivity index (χ1n) is 6.97. The van der Waals surface area contributed by atoms with Crippen LogP contribution in [-0.4, -0.2) is 21.8 Å². The lowest BCUT2D eigenvalue weighted by Crippen LogP contribution is -2.08. The summed E-state index contributed by atoms with van der Waals surface area (Å²) in [6.07, 6.45) is -1.11. The van der Waals surface area contributed by atoms with E-state index < -0.39 is 22.8 Å². The van der Waals surface area contributed by atoms with Crippen molar-refractivity contribution in [2.75, 3.05) is 0 Å². The van der Waals surface area contributed by atoms with E-state index in [1.165, 1.54) is 24.3 Å². The molecule has 1 unspecified atom stereocenters. The summed E-state index contributed by atoms with van der Waals surface area (Å²) in [6.45, 7) is 0. The monoisotopic (exact) mass is 325 g/mol. The van der Waals surface area contributed by atoms with Gasteiger partial charge >= 0.3 is 5.97 Å². The summed E-state index contributed by atoms with van der Waals surface area (Å²) in [5.74, 6) is -2.36. The summed E-state index contributed by atoms with van der Waals surface area (Å²) >= 11 is 0. The van der Waals surface area contributed by atoms with Crippen molar-refractivity contribution in [3.63, 3.8) is 0 Å². The number of ether oxygens (including phenoxy) is 1. The van der Waals surface area contributed by atoms with Gasteiger partial charge in [-0.05, 0) is 17.7 Å². The predicted octanol–water partition coefficient (Wildman–Crippen LogP) is 2.73. The van der Waals surface area contributed by atoms with E-state index in [2.05, 4.69) is 0 Å². The third-order valence-corrected chi connectivity index (χ3v) is 3.63. The smallest absolute Gasteiger partial charge is 0.380 e. The van der Waals surface area contributed by atoms with Crippen molar-refractivity contribution in [1.82, 2.24) is 0 Å². The Morgan fingerprint density at radius 3 is 2.25 bits per heavy atom. The number of aliphatic hydroxyl groups excluding tert-OH is 1. The molecule has 0 amide bonds. The fraction of sp³-hybridized carbons (Fsp3) is 0.0588. The van der Waals surface area contributed by atoms with Crippen molar-refractivity contribution < 1.29 is 24.4 Å². The number of carbonyl (C=O) groups is 2. The summed E-state index contributed by atoms with van der Waals surface area (Å²) in [5.41, 5.74) is 0.413. The average molecular weight is 325 g/mol. The van der Waals surface area contributed by atoms with Crippen LogP contribution in [0.25, 0.3) is 5.76 Å². The second kappa shape index (κ2) is 5.96. The largest absolute Gasteiger partial charge is 0.507 e. The highest BCUT2D eigenvalue weighted by atomic mass is 16.6. The van der Waals surface area contributed by atoms with Crippen molar-refractivity contribution in [2.45, 2.75) is 6.10 Å². The third kappa shape index (κ3) is 2.63. The zero-order chi connectivity index (χ0) is 17.3. The number of hydrogen-bond acceptors (Lipinski definition) is 6. The quantitative estimate of drug-likeness (QED) is 0.232. The lowest BCUT2D eigenvalue weighted by atomic mass is 9.96. The highest BCUT2D eigenvalue weighted by Gasteiger charge is 2.42. The van der Waals surface area contributed by atoms with Crippen molar-refractivity contribution >= 4 is 23.2 Å². The Kier molecular flexibility index (Phi) is 3.83. The van der Waals surface area contributed by atoms with Gasteiger partial charge in [0.1, 0.15) is 5.76 Å². The fourth-order valence-corrected chi connectivity index (χ4v) is 2.44. The second-order valence-corrected chi connectivity index (χ2v) is 5.09. The molecule has 0 saturated carbocycles. The van der Waals surface area contributed by atoms with E-state index >= 15 is 0 Å². The Morgan fingerprint density at radius 2 is 1.67 bits per heavy atom. The summed E-state index contributed by atoms with van der Waals surface area (Å²) < 4.78 is 5.04. The van der Waals surface area contributed by atoms with Crippen LogP contribution >= 0.6 is 0 Å². The van der Waals surface area contributed by atoms with Gasteiger partial charge in [0.05, 0.1) is 10.5 Å². The molecular formula is C17H11NO6. The molecule has 7 heteroatoms. The maximum absolute atomic E-state index is 12.1. The number of rotatable bonds is 3. The third-order valence-electron chi connectivity index (χ3n) is 3.63. The number of cyclic esters (lactones) is 1. The van der Waals surface area contributed by atoms with Crippen LogP contribution < -0.4 is 0 Å². The van der Waals surface area contributed by atoms with Crippen LogP contribution in [0, 0.1) is 10.1 Å². The van der Waals surface area contributed by atoms with Crippen LogP contribution in [0.1, 0.15) is 17.2 Å². The van der Waals surface area contributed by atoms with Crippen LogP contribution in [0.15, 0.2) is 60.2 Å². The standard InChI is InChI=1S/C17H11NO6/c19-14(10-4-2-1-3-5-10)13-15(20)17(21)24-16(13)11-6-8-12(9-7-11)18(22)23/h1-9,16,19H. The number of esters is 1. The SMILES string of the molecule is O=C1OC(c2ccc([N+](=O)[O-])cc2)C(=C(O)c2ccccc2)C1=O. The molecule has 1 atom stereocenters. The Balaban J connectivity index is 2.07. The van der Waals surface area contributed by atoms with Crippen LogP contribution in [0.5, 0.6) is 0 Å². The highest BCUT2D eigenvalue weighted by Crippen LogP contribution is 2.37. The molecule has 120 valence electrons. The summed E-state index contributed by atoms with van der Waals surface area (Å²) in [5, 5.41) is 21.1. The molecule has 24 heavy (non-hydrogen) atoms. The number of ketones is 1. The molecule has 0 spiro atoms. The molecule has 1 fully saturated rings. The maximum atomic E-state index is 12.1. The van der Waals surface area contributed by atoms with Gasteiger partial charge in [-0.15, -0.1) is 0 Å². The number of aliphatic hydroxyl groups is 1. The first kappa shape index (κ1) is 15.4. The van der Waals surface area contributed by atoms with Gasteiger partial charge in [0.2, 0.25) is 0 Å². The molecule has 1 saturated heterocycles. The molecule has 3 rings (SSSR count). The predicted molar refractivity (Wildman–Crippen MR) is 82.9 cm³/mol. The molecular weight excluding hydrogens is 314 g/mol. The van der Waals surface area contributed by atoms with Crippen LogP contribution in [0.2, 0.25) is 0 Å². The normalized spacial score (nSPS) is 19.1. The average Bonchev–Trinajstić information content (AvgIpc) is 2.90. The zero-order valence-corrected chi connectivity index (χ0v) is 12.2. The summed E-state index contributed by atoms with van der Waals surface area (Å²) in [6, 6.07) is 13.5. The molecule has 1 aliphatic rings. The van der Waals surface area contributed by atoms with Crippen LogP contribution in [0.3, 0.4) is 0 Å². The number of Topliss-reactive ketones (excluding diaryl/α,β-unsaturated/α-hetero) is 1. The van der Waals surface area contributed by atoms with Crippen molar-refractivity contribution in [3.05, 3.63) is 81.4 Å². The number of hydrogen-bond donors (Lipinski definition) is 1. The first-order chi connectivity index (χ1) is 11.5. The lowest BCUT2D eigenvalue weighted by molar-refractivity contribution is -0.384. The summed E-state index contributed by atoms with van der Waals surface area (Å²) in [7, 11) is 0. The molecule has 2 aromatic rings. The van der Waals surface area contributed by atoms with Gasteiger partial charge in [-0.3, -0.25) is 14.9 Å². The molecule has 0 bridgehead atoms. The molecule has 0 aliphatic carbocycles. The topological polar surface area (TPSA) is 107 Å². The van der Waals surface area contributed by atoms with E-state index in [-0.39, 0.29) is 17.0 Å². The number of non-ortho nitro benzene ring substituents is 1. The van der Waals surface area contributed by atoms with Crippen molar-refractivity contribution in [3.8, 4) is 0 Å². The van der Waals surface area contributed by atoms with Gasteiger partial charge in [-0.1, -0.05) is 30.3 Å². The first-order valence-corrected chi connectivity index (χ1v) is 6.97. The second-order valence-electron chi connectivity index (χ2n) is 5.09. The number of nitro benzene ring substituents is 1. The Bertz CT molecular complexity index is 854. The van der Waals surface area contributed by atoms with E-state index in [1.807, 2.05) is 0 Å². The van der Waals surface area contributed by atoms with Crippen LogP contribution in [0.4, 0.5) is 5.69 Å². The fourth-order valence-electron chi connectivity index (χ4n) is 2.44. The minimum Gasteiger partial charge on any atom is -0.507 e. The van der Waals surface area contributed by atoms with E-state index in [0.29, 0.717) is 11.1 Å². The van der Waals surface area contributed by atoms with Gasteiger partial charge < -0.3 is 9.84 Å². The molecule has 0 aromatic heterocycles. The molecule has 1 N–H and O–H groups in total. The van der Waals surface area contributed by atoms with Crippen molar-refractivity contribution in [1.29, 1.82) is 0 Å². The van der Waals surface area contributed by atoms with E-state index in [4.69, 9.17) is 4.74 Å². The van der Waals surface area contributed by atoms with Gasteiger partial charge in [0, 0.05) is 17.7 Å². The van der Waals surface area contributed by atoms with Crippen molar-refractivity contribution in [2.24, 2.45) is 0 Å². The van der Waals surface area contributed by atoms with Gasteiger partial charge in [-0.2, -0.15) is 0 Å². The van der Waals surface area contributed by atoms with Gasteiger partial charge in [0.25, 0.3) is 11.5 Å². The molecule has 0 radical (unpaired) electrons. The lowest BCUT2D eigenvalue weighted by Gasteiger charge is -2.12. The van der Waals surface area contributed by atoms with Gasteiger partial charge in [0.15, 0.2) is 6.10 Å². The highest BCUT2D eigenvalue weighted by molar-refractivity contribution is 6.44. The number of benzene rings is 2. The number of nitrogens with zero attached hydrogens (tertiary/aromatic N) is 1. The minimum atomic E-state index is -1.11. The van der Waals surface area contributed by atoms with E-state index in [0.717, 1.165) is 0 Å². The molecule has 1 heterocycles. The zero-order valence-electron chi connectivity index (χ0n) is 12.2. The van der Waals surface area contributed by atoms with Crippen LogP contribution in [-0.2, 0) is 14.3 Å². The molecule has 7 nitrogen and oxygen atoms in total. The van der Waals surface area contributed by atoms with E-state index in [1.54, 1.807) is 30.3 Å². The van der Waals surface area contributed by atoms with Gasteiger partial charge in [-0.25, -0.2) is 4.79 Å². The Morgan fingerprint density at radius 1 is 1.04 bits per heavy atom. The number of nitro groups is 1. The number of carbonyl (C=O) groups excluding carboxylic acids is 2. The molecule has 1 aliphatic heterocycles. The summed E-state index contributed by atoms with van der Waals surface area (Å²) in [4.78, 5) is 33.9. The Labute approximate surface area is 136 Å². The minimum absolute atomic E-state index is 0.132. The Hall–Kier alpha value is -3.48. The molecule has 2 aromatic carbocycles. The van der Waals surface area contributed by atoms with E-state index in [9.17, 15) is 24.8 Å².